The van der Waals surface area contributed by atoms with Crippen LogP contribution in [0.3, 0.4) is 0 Å². The van der Waals surface area contributed by atoms with Crippen molar-refractivity contribution in [2.24, 2.45) is 11.8 Å². The minimum absolute atomic E-state index is 0.290. The number of ether oxygens (including phenoxy) is 1. The maximum Gasteiger partial charge on any atom is 0.0850 e. The first-order valence-corrected chi connectivity index (χ1v) is 15.7. The lowest BCUT2D eigenvalue weighted by atomic mass is 9.83. The SMILES string of the molecule is CCCCCCCCOC1C(CCC(C)CC/C=C(\C)CC/C=C(\C)CCCCC)=CC=C(C)C1C. The number of hydrogen-bond donors (Lipinski definition) is 0. The van der Waals surface area contributed by atoms with Gasteiger partial charge in [-0.15, -0.1) is 0 Å². The highest BCUT2D eigenvalue weighted by Crippen LogP contribution is 2.32. The van der Waals surface area contributed by atoms with Gasteiger partial charge in [-0.3, -0.25) is 0 Å². The van der Waals surface area contributed by atoms with Crippen molar-refractivity contribution < 1.29 is 4.74 Å². The fourth-order valence-corrected chi connectivity index (χ4v) is 5.19. The Labute approximate surface area is 226 Å². The van der Waals surface area contributed by atoms with Crippen molar-refractivity contribution in [1.29, 1.82) is 0 Å². The molecule has 0 aromatic carbocycles. The van der Waals surface area contributed by atoms with Crippen molar-refractivity contribution in [1.82, 2.24) is 0 Å². The van der Waals surface area contributed by atoms with Crippen LogP contribution in [0.25, 0.3) is 0 Å². The summed E-state index contributed by atoms with van der Waals surface area (Å²) in [6, 6.07) is 0. The van der Waals surface area contributed by atoms with E-state index in [1.807, 2.05) is 0 Å². The first-order valence-electron chi connectivity index (χ1n) is 15.7. The molecule has 0 saturated carbocycles. The highest BCUT2D eigenvalue weighted by atomic mass is 16.5. The summed E-state index contributed by atoms with van der Waals surface area (Å²) in [6.07, 6.45) is 30.6. The molecule has 1 rings (SSSR count). The summed E-state index contributed by atoms with van der Waals surface area (Å²) >= 11 is 0. The molecule has 36 heavy (non-hydrogen) atoms. The summed E-state index contributed by atoms with van der Waals surface area (Å²) in [6.45, 7) is 17.2. The van der Waals surface area contributed by atoms with E-state index in [9.17, 15) is 0 Å². The van der Waals surface area contributed by atoms with Gasteiger partial charge in [0.05, 0.1) is 6.10 Å². The number of allylic oxidation sites excluding steroid dienone is 6. The molecule has 0 radical (unpaired) electrons. The molecule has 0 fully saturated rings. The summed E-state index contributed by atoms with van der Waals surface area (Å²) in [4.78, 5) is 0. The van der Waals surface area contributed by atoms with Gasteiger partial charge in [-0.1, -0.05) is 114 Å². The Hall–Kier alpha value is -1.08. The second kappa shape index (κ2) is 20.9. The van der Waals surface area contributed by atoms with Crippen molar-refractivity contribution >= 4 is 0 Å². The van der Waals surface area contributed by atoms with Gasteiger partial charge in [0.25, 0.3) is 0 Å². The van der Waals surface area contributed by atoms with Gasteiger partial charge in [-0.05, 0) is 90.0 Å². The molecule has 0 aromatic rings. The van der Waals surface area contributed by atoms with E-state index >= 15 is 0 Å². The van der Waals surface area contributed by atoms with E-state index in [1.165, 1.54) is 114 Å². The minimum Gasteiger partial charge on any atom is -0.373 e. The quantitative estimate of drug-likeness (QED) is 0.113. The van der Waals surface area contributed by atoms with Crippen molar-refractivity contribution in [3.8, 4) is 0 Å². The van der Waals surface area contributed by atoms with E-state index in [2.05, 4.69) is 72.8 Å². The summed E-state index contributed by atoms with van der Waals surface area (Å²) < 4.78 is 6.49. The van der Waals surface area contributed by atoms with Gasteiger partial charge < -0.3 is 4.74 Å². The predicted octanol–water partition coefficient (Wildman–Crippen LogP) is 11.7. The molecule has 0 heterocycles. The lowest BCUT2D eigenvalue weighted by molar-refractivity contribution is 0.0453. The molecule has 0 bridgehead atoms. The highest BCUT2D eigenvalue weighted by Gasteiger charge is 2.26. The second-order valence-electron chi connectivity index (χ2n) is 11.8. The fraction of sp³-hybridized carbons (Fsp3) is 0.771. The van der Waals surface area contributed by atoms with Gasteiger partial charge in [-0.2, -0.15) is 0 Å². The molecule has 3 unspecified atom stereocenters. The van der Waals surface area contributed by atoms with Crippen LogP contribution in [0, 0.1) is 11.8 Å². The van der Waals surface area contributed by atoms with Gasteiger partial charge >= 0.3 is 0 Å². The lowest BCUT2D eigenvalue weighted by Gasteiger charge is -2.31. The number of unbranched alkanes of at least 4 members (excludes halogenated alkanes) is 7. The van der Waals surface area contributed by atoms with Gasteiger partial charge in [0.2, 0.25) is 0 Å². The Morgan fingerprint density at radius 2 is 1.47 bits per heavy atom. The van der Waals surface area contributed by atoms with Crippen LogP contribution in [-0.2, 0) is 4.74 Å². The molecule has 0 aliphatic heterocycles. The zero-order valence-corrected chi connectivity index (χ0v) is 25.5. The molecule has 1 heteroatoms. The third kappa shape index (κ3) is 15.2. The number of hydrogen-bond acceptors (Lipinski definition) is 1. The summed E-state index contributed by atoms with van der Waals surface area (Å²) in [5, 5.41) is 0. The zero-order chi connectivity index (χ0) is 26.6. The smallest absolute Gasteiger partial charge is 0.0850 e. The monoisotopic (exact) mass is 498 g/mol. The van der Waals surface area contributed by atoms with Crippen LogP contribution in [0.2, 0.25) is 0 Å². The van der Waals surface area contributed by atoms with Crippen molar-refractivity contribution in [3.05, 3.63) is 46.6 Å². The summed E-state index contributed by atoms with van der Waals surface area (Å²) in [5.41, 5.74) is 6.13. The normalized spacial score (nSPS) is 19.9. The van der Waals surface area contributed by atoms with Gasteiger partial charge in [-0.25, -0.2) is 0 Å². The molecule has 1 aliphatic carbocycles. The van der Waals surface area contributed by atoms with E-state index in [1.54, 1.807) is 11.1 Å². The van der Waals surface area contributed by atoms with E-state index in [-0.39, 0.29) is 0 Å². The van der Waals surface area contributed by atoms with Crippen LogP contribution in [0.15, 0.2) is 46.6 Å². The first kappa shape index (κ1) is 32.9. The van der Waals surface area contributed by atoms with Crippen LogP contribution < -0.4 is 0 Å². The third-order valence-electron chi connectivity index (χ3n) is 8.18. The Bertz CT molecular complexity index is 677. The molecule has 0 aromatic heterocycles. The highest BCUT2D eigenvalue weighted by molar-refractivity contribution is 5.29. The van der Waals surface area contributed by atoms with Gasteiger partial charge in [0.1, 0.15) is 0 Å². The molecule has 1 nitrogen and oxygen atoms in total. The molecule has 0 spiro atoms. The first-order chi connectivity index (χ1) is 17.4. The predicted molar refractivity (Wildman–Crippen MR) is 163 cm³/mol. The molecular formula is C35H62O. The van der Waals surface area contributed by atoms with Crippen LogP contribution in [0.5, 0.6) is 0 Å². The van der Waals surface area contributed by atoms with E-state index in [0.717, 1.165) is 12.5 Å². The fourth-order valence-electron chi connectivity index (χ4n) is 5.19. The van der Waals surface area contributed by atoms with E-state index in [0.29, 0.717) is 12.0 Å². The summed E-state index contributed by atoms with van der Waals surface area (Å²) in [7, 11) is 0. The Kier molecular flexibility index (Phi) is 19.1. The molecule has 1 aliphatic rings. The lowest BCUT2D eigenvalue weighted by Crippen LogP contribution is -2.28. The molecule has 0 saturated heterocycles. The van der Waals surface area contributed by atoms with Crippen molar-refractivity contribution in [2.45, 2.75) is 157 Å². The van der Waals surface area contributed by atoms with Crippen molar-refractivity contribution in [2.75, 3.05) is 6.61 Å². The van der Waals surface area contributed by atoms with Gasteiger partial charge in [0.15, 0.2) is 0 Å². The molecular weight excluding hydrogens is 436 g/mol. The average Bonchev–Trinajstić information content (AvgIpc) is 2.85. The van der Waals surface area contributed by atoms with Crippen LogP contribution in [-0.4, -0.2) is 12.7 Å². The third-order valence-corrected chi connectivity index (χ3v) is 8.18. The standard InChI is InChI=1S/C35H62O/c1-8-10-12-13-14-16-28-36-35-33(7)32(6)25-27-34(35)26-24-31(5)23-18-22-30(4)21-17-20-29(3)19-15-11-9-2/h20,22,25,27,31,33,35H,8-19,21,23-24,26,28H2,1-7H3/b29-20+,30-22+. The van der Waals surface area contributed by atoms with Crippen molar-refractivity contribution in [3.63, 3.8) is 0 Å². The Morgan fingerprint density at radius 3 is 2.22 bits per heavy atom. The van der Waals surface area contributed by atoms with Crippen LogP contribution >= 0.6 is 0 Å². The molecule has 208 valence electrons. The average molecular weight is 499 g/mol. The van der Waals surface area contributed by atoms with E-state index in [4.69, 9.17) is 4.74 Å². The Morgan fingerprint density at radius 1 is 0.833 bits per heavy atom. The summed E-state index contributed by atoms with van der Waals surface area (Å²) in [5.74, 6) is 1.27. The van der Waals surface area contributed by atoms with Crippen LogP contribution in [0.4, 0.5) is 0 Å². The topological polar surface area (TPSA) is 9.23 Å². The van der Waals surface area contributed by atoms with Gasteiger partial charge in [0, 0.05) is 12.5 Å². The second-order valence-corrected chi connectivity index (χ2v) is 11.8. The van der Waals surface area contributed by atoms with Crippen LogP contribution in [0.1, 0.15) is 151 Å². The maximum atomic E-state index is 6.49. The molecule has 0 N–H and O–H groups in total. The molecule has 0 amide bonds. The maximum absolute atomic E-state index is 6.49. The number of rotatable bonds is 21. The Balaban J connectivity index is 2.35. The largest absolute Gasteiger partial charge is 0.373 e. The van der Waals surface area contributed by atoms with E-state index < -0.39 is 0 Å². The molecule has 3 atom stereocenters. The zero-order valence-electron chi connectivity index (χ0n) is 25.5. The minimum atomic E-state index is 0.290.